The van der Waals surface area contributed by atoms with Crippen molar-refractivity contribution in [1.82, 2.24) is 0 Å². The molecule has 0 saturated heterocycles. The maximum atomic E-state index is 11.4. The fraction of sp³-hybridized carbons (Fsp3) is 1.00. The second-order valence-electron chi connectivity index (χ2n) is 5.75. The molecule has 0 unspecified atom stereocenters. The molecule has 0 N–H and O–H groups in total. The maximum Gasteiger partial charge on any atom is 3.00 e. The van der Waals surface area contributed by atoms with Crippen LogP contribution in [0.2, 0.25) is 0 Å². The molecule has 0 bridgehead atoms. The van der Waals surface area contributed by atoms with Crippen LogP contribution in [0, 0.1) is 0 Å². The predicted octanol–water partition coefficient (Wildman–Crippen LogP) is 2.80. The Labute approximate surface area is 258 Å². The molecule has 46 heavy (non-hydrogen) atoms. The van der Waals surface area contributed by atoms with Gasteiger partial charge in [0.05, 0.1) is 0 Å². The van der Waals surface area contributed by atoms with Gasteiger partial charge in [0, 0.05) is 0 Å². The van der Waals surface area contributed by atoms with Crippen LogP contribution >= 0.6 is 0 Å². The van der Waals surface area contributed by atoms with Crippen LogP contribution in [0.3, 0.4) is 0 Å². The summed E-state index contributed by atoms with van der Waals surface area (Å²) in [7, 11) is -40.3. The van der Waals surface area contributed by atoms with E-state index in [0.717, 1.165) is 12.4 Å². The van der Waals surface area contributed by atoms with Crippen molar-refractivity contribution >= 4 is 84.6 Å². The first-order valence-electron chi connectivity index (χ1n) is 7.72. The Bertz CT molecular complexity index is 1370. The van der Waals surface area contributed by atoms with Crippen molar-refractivity contribution in [3.05, 3.63) is 12.4 Å². The summed E-state index contributed by atoms with van der Waals surface area (Å²) in [4.78, 5) is 0. The van der Waals surface area contributed by atoms with Gasteiger partial charge in [0.15, 0.2) is 60.1 Å². The van der Waals surface area contributed by atoms with E-state index in [1.807, 2.05) is 0 Å². The molecule has 0 fully saturated rings. The summed E-state index contributed by atoms with van der Waals surface area (Å²) in [6.07, 6.45) is 0. The Morgan fingerprint density at radius 3 is 0.348 bits per heavy atom. The minimum absolute atomic E-state index is 0. The Balaban J connectivity index is -0.000000285. The van der Waals surface area contributed by atoms with Crippen molar-refractivity contribution < 1.29 is 130 Å². The first-order chi connectivity index (χ1) is 18.6. The van der Waals surface area contributed by atoms with Crippen LogP contribution < -0.4 is 0 Å². The molecule has 0 saturated carbocycles. The van der Waals surface area contributed by atoms with Crippen LogP contribution in [-0.2, 0) is 60.1 Å². The van der Waals surface area contributed by atoms with E-state index in [1.165, 1.54) is 0 Å². The van der Waals surface area contributed by atoms with Gasteiger partial charge in [-0.15, -0.1) is 0 Å². The van der Waals surface area contributed by atoms with Crippen LogP contribution in [0.15, 0.2) is 0 Å². The maximum absolute atomic E-state index is 11.4. The number of rotatable bonds is 6. The van der Waals surface area contributed by atoms with E-state index in [2.05, 4.69) is 0 Å². The molecule has 0 spiro atoms. The molecule has 0 rings (SSSR count). The van der Waals surface area contributed by atoms with Crippen LogP contribution in [0.1, 0.15) is 0 Å². The van der Waals surface area contributed by atoms with Crippen molar-refractivity contribution in [3.63, 3.8) is 0 Å². The summed E-state index contributed by atoms with van der Waals surface area (Å²) in [5.41, 5.74) is -37.2. The Kier molecular flexibility index (Phi) is 16.9. The number of hydrogen-bond acceptors (Lipinski definition) is 12. The molecule has 0 aromatic heterocycles. The van der Waals surface area contributed by atoms with Crippen LogP contribution in [-0.4, -0.2) is 108 Å². The molecule has 40 heteroatoms. The summed E-state index contributed by atoms with van der Waals surface area (Å²) >= 11 is 0. The van der Waals surface area contributed by atoms with Gasteiger partial charge in [0.2, 0.25) is 0 Å². The van der Waals surface area contributed by atoms with Crippen LogP contribution in [0.25, 0.3) is 12.4 Å². The van der Waals surface area contributed by atoms with Gasteiger partial charge in [-0.3, -0.25) is 0 Å². The van der Waals surface area contributed by atoms with Gasteiger partial charge < -0.3 is 12.4 Å². The summed E-state index contributed by atoms with van der Waals surface area (Å²) in [6.45, 7) is 0. The average molecular weight is 962 g/mol. The van der Waals surface area contributed by atoms with E-state index in [4.69, 9.17) is 0 Å². The second kappa shape index (κ2) is 14.9. The third kappa shape index (κ3) is 15.1. The minimum atomic E-state index is -6.72. The third-order valence-corrected chi connectivity index (χ3v) is 10.6. The largest absolute Gasteiger partial charge is 3.00 e. The van der Waals surface area contributed by atoms with Gasteiger partial charge in [0.1, 0.15) is 0 Å². The molecule has 15 nitrogen and oxygen atoms in total. The van der Waals surface area contributed by atoms with E-state index >= 15 is 0 Å². The first-order valence-corrected chi connectivity index (χ1v) is 16.4. The third-order valence-electron chi connectivity index (χ3n) is 2.34. The molecule has 0 aromatic rings. The van der Waals surface area contributed by atoms with Gasteiger partial charge in [-0.25, -0.2) is 50.5 Å². The molecular weight excluding hydrogens is 962 g/mol. The van der Waals surface area contributed by atoms with Crippen molar-refractivity contribution in [2.75, 3.05) is 0 Å². The Hall–Kier alpha value is -0.862. The van der Waals surface area contributed by atoms with E-state index in [0.29, 0.717) is 0 Å². The average Bonchev–Trinajstić information content (AvgIpc) is 2.61. The molecular formula is C6F18N3O12S6Sb. The molecule has 0 amide bonds. The predicted molar refractivity (Wildman–Crippen MR) is 106 cm³/mol. The molecule has 0 heterocycles. The smallest absolute Gasteiger partial charge is 0.421 e. The molecule has 0 atom stereocenters. The van der Waals surface area contributed by atoms with Crippen molar-refractivity contribution in [3.8, 4) is 0 Å². The first kappa shape index (κ1) is 52.0. The van der Waals surface area contributed by atoms with E-state index in [-0.39, 0.29) is 24.4 Å². The van der Waals surface area contributed by atoms with E-state index in [9.17, 15) is 130 Å². The summed E-state index contributed by atoms with van der Waals surface area (Å²) in [6, 6.07) is 0. The number of hydrogen-bond donors (Lipinski definition) is 0. The zero-order chi connectivity index (χ0) is 38.1. The molecule has 0 aromatic carbocycles. The van der Waals surface area contributed by atoms with Crippen molar-refractivity contribution in [2.45, 2.75) is 33.0 Å². The second-order valence-corrected chi connectivity index (χ2v) is 16.0. The number of nitrogens with zero attached hydrogens (tertiary/aromatic N) is 3. The fourth-order valence-electron chi connectivity index (χ4n) is 0.641. The van der Waals surface area contributed by atoms with Gasteiger partial charge in [-0.2, -0.15) is 79.0 Å². The SMILES string of the molecule is O=S(=O)([N-]S(=O)(=O)C(F)(F)F)C(F)(F)F.O=S(=O)([N-]S(=O)(=O)C(F)(F)F)C(F)(F)F.O=S(=O)([N-]S(=O)(=O)C(F)(F)F)C(F)(F)F.[Sb+3]. The Morgan fingerprint density at radius 2 is 0.304 bits per heavy atom. The van der Waals surface area contributed by atoms with Crippen LogP contribution in [0.5, 0.6) is 0 Å². The molecule has 0 aliphatic carbocycles. The monoisotopic (exact) mass is 961 g/mol. The topological polar surface area (TPSA) is 247 Å². The minimum Gasteiger partial charge on any atom is -0.421 e. The van der Waals surface area contributed by atoms with E-state index < -0.39 is 93.2 Å². The van der Waals surface area contributed by atoms with Gasteiger partial charge in [-0.1, -0.05) is 0 Å². The summed E-state index contributed by atoms with van der Waals surface area (Å²) in [5, 5.41) is 0. The quantitative estimate of drug-likeness (QED) is 0.276. The van der Waals surface area contributed by atoms with Crippen LogP contribution in [0.4, 0.5) is 79.0 Å². The fourth-order valence-corrected chi connectivity index (χ4v) is 5.77. The number of alkyl halides is 18. The van der Waals surface area contributed by atoms with E-state index in [1.54, 1.807) is 0 Å². The molecule has 0 aliphatic rings. The number of sulfonamides is 6. The van der Waals surface area contributed by atoms with Crippen molar-refractivity contribution in [1.29, 1.82) is 0 Å². The van der Waals surface area contributed by atoms with Crippen molar-refractivity contribution in [2.24, 2.45) is 0 Å². The molecule has 278 valence electrons. The zero-order valence-electron chi connectivity index (χ0n) is 18.9. The Morgan fingerprint density at radius 1 is 0.239 bits per heavy atom. The molecule has 0 aliphatic heterocycles. The zero-order valence-corrected chi connectivity index (χ0v) is 26.4. The summed E-state index contributed by atoms with van der Waals surface area (Å²) in [5.74, 6) is 0. The standard InChI is InChI=1S/3C2F6NO4S2.Sb/c3*3-1(4,5)14(10,11)9-15(12,13)2(6,7)8;/q3*-1;+3. The van der Waals surface area contributed by atoms with Gasteiger partial charge in [-0.05, 0) is 0 Å². The summed E-state index contributed by atoms with van der Waals surface area (Å²) < 4.78 is 328. The number of halogens is 18. The van der Waals surface area contributed by atoms with Gasteiger partial charge in [0.25, 0.3) is 0 Å². The molecule has 2 radical (unpaired) electrons. The van der Waals surface area contributed by atoms with Gasteiger partial charge >= 0.3 is 57.5 Å². The normalized spacial score (nSPS) is 15.0.